The Kier molecular flexibility index (Phi) is 6.18. The molecule has 0 aromatic heterocycles. The van der Waals surface area contributed by atoms with E-state index in [4.69, 9.17) is 15.6 Å². The van der Waals surface area contributed by atoms with Crippen LogP contribution in [-0.2, 0) is 11.3 Å². The summed E-state index contributed by atoms with van der Waals surface area (Å²) in [7, 11) is 2.02. The fourth-order valence-electron chi connectivity index (χ4n) is 2.72. The molecule has 0 spiro atoms. The minimum atomic E-state index is -0.237. The van der Waals surface area contributed by atoms with Crippen molar-refractivity contribution in [3.8, 4) is 5.75 Å². The van der Waals surface area contributed by atoms with E-state index in [2.05, 4.69) is 9.80 Å². The molecule has 122 valence electrons. The van der Waals surface area contributed by atoms with Crippen molar-refractivity contribution in [1.29, 1.82) is 0 Å². The lowest BCUT2D eigenvalue weighted by Gasteiger charge is -2.22. The summed E-state index contributed by atoms with van der Waals surface area (Å²) in [4.78, 5) is 16.0. The molecule has 3 N–H and O–H groups in total. The highest BCUT2D eigenvalue weighted by Crippen LogP contribution is 2.17. The molecule has 2 rings (SSSR count). The van der Waals surface area contributed by atoms with Crippen LogP contribution in [0.1, 0.15) is 5.56 Å². The number of carbonyl (C=O) groups excluding carboxylic acids is 1. The van der Waals surface area contributed by atoms with Crippen molar-refractivity contribution >= 4 is 5.91 Å². The third-order valence-corrected chi connectivity index (χ3v) is 3.88. The molecule has 22 heavy (non-hydrogen) atoms. The van der Waals surface area contributed by atoms with Gasteiger partial charge in [-0.15, -0.1) is 0 Å². The Bertz CT molecular complexity index is 495. The van der Waals surface area contributed by atoms with Crippen LogP contribution in [0.5, 0.6) is 5.75 Å². The fraction of sp³-hybridized carbons (Fsp3) is 0.562. The number of ether oxygens (including phenoxy) is 1. The first-order valence-corrected chi connectivity index (χ1v) is 7.61. The molecule has 0 saturated carbocycles. The van der Waals surface area contributed by atoms with Crippen LogP contribution in [0.25, 0.3) is 0 Å². The molecule has 1 aliphatic heterocycles. The minimum absolute atomic E-state index is 0.00296. The van der Waals surface area contributed by atoms with Crippen LogP contribution in [-0.4, -0.2) is 67.3 Å². The molecular weight excluding hydrogens is 282 g/mol. The van der Waals surface area contributed by atoms with Crippen LogP contribution in [0.2, 0.25) is 0 Å². The van der Waals surface area contributed by atoms with Crippen molar-refractivity contribution in [2.24, 2.45) is 11.7 Å². The highest BCUT2D eigenvalue weighted by Gasteiger charge is 2.24. The molecule has 0 bridgehead atoms. The van der Waals surface area contributed by atoms with Gasteiger partial charge in [-0.2, -0.15) is 0 Å². The van der Waals surface area contributed by atoms with E-state index in [0.717, 1.165) is 30.9 Å². The topological polar surface area (TPSA) is 79.0 Å². The third kappa shape index (κ3) is 4.98. The lowest BCUT2D eigenvalue weighted by Crippen LogP contribution is -2.37. The van der Waals surface area contributed by atoms with Crippen molar-refractivity contribution in [2.75, 3.05) is 46.4 Å². The molecule has 0 unspecified atom stereocenters. The SMILES string of the molecule is CN1CCN(Cc2cccc(OCCO)c2)C[C@H](C(N)=O)C1. The van der Waals surface area contributed by atoms with E-state index in [9.17, 15) is 4.79 Å². The number of benzene rings is 1. The first kappa shape index (κ1) is 16.7. The first-order chi connectivity index (χ1) is 10.6. The summed E-state index contributed by atoms with van der Waals surface area (Å²) in [6.07, 6.45) is 0. The number of hydrogen-bond acceptors (Lipinski definition) is 5. The number of nitrogens with zero attached hydrogens (tertiary/aromatic N) is 2. The van der Waals surface area contributed by atoms with Gasteiger partial charge in [-0.1, -0.05) is 12.1 Å². The first-order valence-electron chi connectivity index (χ1n) is 7.61. The van der Waals surface area contributed by atoms with Crippen LogP contribution in [0, 0.1) is 5.92 Å². The van der Waals surface area contributed by atoms with Gasteiger partial charge in [0.15, 0.2) is 0 Å². The Labute approximate surface area is 131 Å². The molecule has 1 aromatic rings. The summed E-state index contributed by atoms with van der Waals surface area (Å²) < 4.78 is 5.44. The summed E-state index contributed by atoms with van der Waals surface area (Å²) in [5.74, 6) is 0.380. The van der Waals surface area contributed by atoms with Gasteiger partial charge >= 0.3 is 0 Å². The van der Waals surface area contributed by atoms with E-state index in [1.165, 1.54) is 0 Å². The molecule has 1 amide bonds. The fourth-order valence-corrected chi connectivity index (χ4v) is 2.72. The number of likely N-dealkylation sites (N-methyl/N-ethyl adjacent to an activating group) is 1. The van der Waals surface area contributed by atoms with E-state index < -0.39 is 0 Å². The number of amides is 1. The highest BCUT2D eigenvalue weighted by atomic mass is 16.5. The monoisotopic (exact) mass is 307 g/mol. The molecular formula is C16H25N3O3. The van der Waals surface area contributed by atoms with Crippen molar-refractivity contribution in [2.45, 2.75) is 6.54 Å². The summed E-state index contributed by atoms with van der Waals surface area (Å²) in [6, 6.07) is 7.84. The van der Waals surface area contributed by atoms with E-state index >= 15 is 0 Å². The van der Waals surface area contributed by atoms with E-state index in [1.807, 2.05) is 31.3 Å². The summed E-state index contributed by atoms with van der Waals surface area (Å²) >= 11 is 0. The van der Waals surface area contributed by atoms with Gasteiger partial charge in [0, 0.05) is 32.7 Å². The second-order valence-corrected chi connectivity index (χ2v) is 5.82. The lowest BCUT2D eigenvalue weighted by atomic mass is 10.1. The summed E-state index contributed by atoms with van der Waals surface area (Å²) in [6.45, 7) is 4.28. The average molecular weight is 307 g/mol. The van der Waals surface area contributed by atoms with Crippen LogP contribution >= 0.6 is 0 Å². The maximum atomic E-state index is 11.5. The number of aliphatic hydroxyl groups excluding tert-OH is 1. The maximum absolute atomic E-state index is 11.5. The van der Waals surface area contributed by atoms with Gasteiger partial charge in [0.2, 0.25) is 5.91 Å². The lowest BCUT2D eigenvalue weighted by molar-refractivity contribution is -0.122. The normalized spacial score (nSPS) is 20.5. The van der Waals surface area contributed by atoms with Gasteiger partial charge in [0.25, 0.3) is 0 Å². The molecule has 1 saturated heterocycles. The number of primary amides is 1. The second-order valence-electron chi connectivity index (χ2n) is 5.82. The molecule has 6 nitrogen and oxygen atoms in total. The molecule has 1 aromatic carbocycles. The Hall–Kier alpha value is -1.63. The smallest absolute Gasteiger partial charge is 0.223 e. The molecule has 1 fully saturated rings. The second kappa shape index (κ2) is 8.12. The Morgan fingerprint density at radius 3 is 2.95 bits per heavy atom. The standard InChI is InChI=1S/C16H25N3O3/c1-18-5-6-19(12-14(11-18)16(17)21)10-13-3-2-4-15(9-13)22-8-7-20/h2-4,9,14,20H,5-8,10-12H2,1H3,(H2,17,21)/t14-/m1/s1. The van der Waals surface area contributed by atoms with Crippen molar-refractivity contribution < 1.29 is 14.6 Å². The van der Waals surface area contributed by atoms with Gasteiger partial charge < -0.3 is 20.5 Å². The third-order valence-electron chi connectivity index (χ3n) is 3.88. The van der Waals surface area contributed by atoms with Gasteiger partial charge in [-0.3, -0.25) is 9.69 Å². The molecule has 0 aliphatic carbocycles. The molecule has 1 atom stereocenters. The summed E-state index contributed by atoms with van der Waals surface area (Å²) in [5, 5.41) is 8.81. The highest BCUT2D eigenvalue weighted by molar-refractivity contribution is 5.77. The van der Waals surface area contributed by atoms with Crippen LogP contribution < -0.4 is 10.5 Å². The predicted octanol–water partition coefficient (Wildman–Crippen LogP) is -0.0934. The van der Waals surface area contributed by atoms with Crippen LogP contribution in [0.15, 0.2) is 24.3 Å². The zero-order valence-corrected chi connectivity index (χ0v) is 13.1. The van der Waals surface area contributed by atoms with Crippen LogP contribution in [0.4, 0.5) is 0 Å². The van der Waals surface area contributed by atoms with E-state index in [-0.39, 0.29) is 18.4 Å². The van der Waals surface area contributed by atoms with Gasteiger partial charge in [-0.05, 0) is 24.7 Å². The minimum Gasteiger partial charge on any atom is -0.491 e. The Morgan fingerprint density at radius 1 is 1.41 bits per heavy atom. The number of carbonyl (C=O) groups is 1. The molecule has 0 radical (unpaired) electrons. The zero-order chi connectivity index (χ0) is 15.9. The summed E-state index contributed by atoms with van der Waals surface area (Å²) in [5.41, 5.74) is 6.63. The molecule has 1 aliphatic rings. The average Bonchev–Trinajstić information content (AvgIpc) is 2.68. The number of rotatable bonds is 6. The quantitative estimate of drug-likeness (QED) is 0.768. The van der Waals surface area contributed by atoms with Crippen molar-refractivity contribution in [3.63, 3.8) is 0 Å². The predicted molar refractivity (Wildman–Crippen MR) is 84.5 cm³/mol. The Morgan fingerprint density at radius 2 is 2.23 bits per heavy atom. The van der Waals surface area contributed by atoms with Gasteiger partial charge in [0.1, 0.15) is 12.4 Å². The number of nitrogens with two attached hydrogens (primary N) is 1. The molecule has 1 heterocycles. The van der Waals surface area contributed by atoms with E-state index in [1.54, 1.807) is 0 Å². The largest absolute Gasteiger partial charge is 0.491 e. The van der Waals surface area contributed by atoms with Gasteiger partial charge in [-0.25, -0.2) is 0 Å². The maximum Gasteiger partial charge on any atom is 0.223 e. The van der Waals surface area contributed by atoms with E-state index in [0.29, 0.717) is 19.7 Å². The number of hydrogen-bond donors (Lipinski definition) is 2. The number of aliphatic hydroxyl groups is 1. The van der Waals surface area contributed by atoms with Gasteiger partial charge in [0.05, 0.1) is 12.5 Å². The Balaban J connectivity index is 2.00. The molecule has 6 heteroatoms. The van der Waals surface area contributed by atoms with Crippen molar-refractivity contribution in [3.05, 3.63) is 29.8 Å². The van der Waals surface area contributed by atoms with Crippen LogP contribution in [0.3, 0.4) is 0 Å². The zero-order valence-electron chi connectivity index (χ0n) is 13.1. The van der Waals surface area contributed by atoms with Crippen molar-refractivity contribution in [1.82, 2.24) is 9.80 Å².